The summed E-state index contributed by atoms with van der Waals surface area (Å²) in [7, 11) is 0. The van der Waals surface area contributed by atoms with E-state index in [1.54, 1.807) is 0 Å². The largest absolute Gasteiger partial charge is 0.326 e. The predicted octanol–water partition coefficient (Wildman–Crippen LogP) is 2.48. The summed E-state index contributed by atoms with van der Waals surface area (Å²) < 4.78 is 0. The summed E-state index contributed by atoms with van der Waals surface area (Å²) >= 11 is 0. The molecule has 86 valence electrons. The molecule has 0 radical (unpaired) electrons. The Balaban J connectivity index is 3.92. The van der Waals surface area contributed by atoms with Crippen molar-refractivity contribution < 1.29 is 0 Å². The van der Waals surface area contributed by atoms with Crippen LogP contribution in [-0.2, 0) is 0 Å². The molecule has 2 nitrogen and oxygen atoms in total. The zero-order chi connectivity index (χ0) is 11.2. The molecule has 0 rings (SSSR count). The van der Waals surface area contributed by atoms with Crippen molar-refractivity contribution in [3.63, 3.8) is 0 Å². The molecular weight excluding hydrogens is 172 g/mol. The lowest BCUT2D eigenvalue weighted by atomic mass is 9.87. The van der Waals surface area contributed by atoms with Gasteiger partial charge in [0.15, 0.2) is 0 Å². The molecule has 2 heteroatoms. The SMILES string of the molecule is CCCCN(CC)CC(N)C(C)(C)C. The quantitative estimate of drug-likeness (QED) is 0.714. The molecular formula is C12H28N2. The Labute approximate surface area is 89.9 Å². The van der Waals surface area contributed by atoms with Gasteiger partial charge in [0.05, 0.1) is 0 Å². The number of hydrogen-bond acceptors (Lipinski definition) is 2. The van der Waals surface area contributed by atoms with Gasteiger partial charge in [-0.3, -0.25) is 0 Å². The number of likely N-dealkylation sites (N-methyl/N-ethyl adjacent to an activating group) is 1. The normalized spacial score (nSPS) is 14.8. The van der Waals surface area contributed by atoms with E-state index >= 15 is 0 Å². The van der Waals surface area contributed by atoms with Crippen molar-refractivity contribution in [3.05, 3.63) is 0 Å². The molecule has 14 heavy (non-hydrogen) atoms. The third kappa shape index (κ3) is 5.61. The van der Waals surface area contributed by atoms with E-state index in [0.717, 1.165) is 13.1 Å². The Hall–Kier alpha value is -0.0800. The van der Waals surface area contributed by atoms with Crippen molar-refractivity contribution in [3.8, 4) is 0 Å². The number of nitrogens with two attached hydrogens (primary N) is 1. The van der Waals surface area contributed by atoms with Crippen LogP contribution in [0.5, 0.6) is 0 Å². The molecule has 0 fully saturated rings. The molecule has 1 atom stereocenters. The maximum absolute atomic E-state index is 6.16. The van der Waals surface area contributed by atoms with Crippen molar-refractivity contribution in [2.75, 3.05) is 19.6 Å². The van der Waals surface area contributed by atoms with E-state index in [4.69, 9.17) is 5.73 Å². The van der Waals surface area contributed by atoms with Crippen LogP contribution in [0.3, 0.4) is 0 Å². The van der Waals surface area contributed by atoms with Crippen LogP contribution in [0.4, 0.5) is 0 Å². The van der Waals surface area contributed by atoms with Crippen LogP contribution < -0.4 is 5.73 Å². The molecule has 0 aromatic heterocycles. The first kappa shape index (κ1) is 13.9. The number of rotatable bonds is 6. The molecule has 2 N–H and O–H groups in total. The topological polar surface area (TPSA) is 29.3 Å². The van der Waals surface area contributed by atoms with Gasteiger partial charge in [-0.05, 0) is 24.9 Å². The van der Waals surface area contributed by atoms with Crippen LogP contribution in [0.2, 0.25) is 0 Å². The van der Waals surface area contributed by atoms with Gasteiger partial charge in [-0.1, -0.05) is 41.0 Å². The van der Waals surface area contributed by atoms with Gasteiger partial charge in [0, 0.05) is 12.6 Å². The maximum atomic E-state index is 6.16. The van der Waals surface area contributed by atoms with Crippen LogP contribution in [0.15, 0.2) is 0 Å². The first-order chi connectivity index (χ1) is 6.41. The van der Waals surface area contributed by atoms with Gasteiger partial charge in [-0.2, -0.15) is 0 Å². The van der Waals surface area contributed by atoms with Gasteiger partial charge < -0.3 is 10.6 Å². The summed E-state index contributed by atoms with van der Waals surface area (Å²) in [4.78, 5) is 2.46. The number of hydrogen-bond donors (Lipinski definition) is 1. The average molecular weight is 200 g/mol. The fourth-order valence-corrected chi connectivity index (χ4v) is 1.31. The summed E-state index contributed by atoms with van der Waals surface area (Å²) in [5, 5.41) is 0. The molecule has 0 saturated carbocycles. The zero-order valence-electron chi connectivity index (χ0n) is 10.6. The van der Waals surface area contributed by atoms with Gasteiger partial charge in [0.25, 0.3) is 0 Å². The molecule has 0 saturated heterocycles. The van der Waals surface area contributed by atoms with E-state index < -0.39 is 0 Å². The molecule has 0 heterocycles. The van der Waals surface area contributed by atoms with E-state index in [2.05, 4.69) is 39.5 Å². The van der Waals surface area contributed by atoms with Crippen LogP contribution in [0.25, 0.3) is 0 Å². The molecule has 0 amide bonds. The average Bonchev–Trinajstić information content (AvgIpc) is 2.10. The smallest absolute Gasteiger partial charge is 0.0217 e. The molecule has 0 spiro atoms. The van der Waals surface area contributed by atoms with Gasteiger partial charge >= 0.3 is 0 Å². The van der Waals surface area contributed by atoms with Crippen molar-refractivity contribution in [2.45, 2.75) is 53.5 Å². The summed E-state index contributed by atoms with van der Waals surface area (Å²) in [5.74, 6) is 0. The minimum absolute atomic E-state index is 0.222. The van der Waals surface area contributed by atoms with E-state index in [1.165, 1.54) is 19.4 Å². The third-order valence-electron chi connectivity index (χ3n) is 2.84. The highest BCUT2D eigenvalue weighted by Gasteiger charge is 2.22. The molecule has 1 unspecified atom stereocenters. The van der Waals surface area contributed by atoms with E-state index in [9.17, 15) is 0 Å². The monoisotopic (exact) mass is 200 g/mol. The Kier molecular flexibility index (Phi) is 6.38. The zero-order valence-corrected chi connectivity index (χ0v) is 10.6. The van der Waals surface area contributed by atoms with Crippen molar-refractivity contribution in [1.29, 1.82) is 0 Å². The number of nitrogens with zero attached hydrogens (tertiary/aromatic N) is 1. The second-order valence-electron chi connectivity index (χ2n) is 5.22. The highest BCUT2D eigenvalue weighted by Crippen LogP contribution is 2.18. The summed E-state index contributed by atoms with van der Waals surface area (Å²) in [6, 6.07) is 0.277. The predicted molar refractivity (Wildman–Crippen MR) is 64.5 cm³/mol. The Morgan fingerprint density at radius 3 is 2.14 bits per heavy atom. The molecule has 0 aliphatic rings. The van der Waals surface area contributed by atoms with Gasteiger partial charge in [-0.15, -0.1) is 0 Å². The van der Waals surface area contributed by atoms with E-state index in [0.29, 0.717) is 0 Å². The third-order valence-corrected chi connectivity index (χ3v) is 2.84. The summed E-state index contributed by atoms with van der Waals surface area (Å²) in [6.07, 6.45) is 2.55. The molecule has 0 bridgehead atoms. The second kappa shape index (κ2) is 6.41. The molecule has 0 aromatic rings. The standard InChI is InChI=1S/C12H28N2/c1-6-8-9-14(7-2)10-11(13)12(3,4)5/h11H,6-10,13H2,1-5H3. The highest BCUT2D eigenvalue weighted by atomic mass is 15.1. The minimum Gasteiger partial charge on any atom is -0.326 e. The molecule has 0 aliphatic carbocycles. The summed E-state index contributed by atoms with van der Waals surface area (Å²) in [6.45, 7) is 14.4. The first-order valence-corrected chi connectivity index (χ1v) is 5.89. The fraction of sp³-hybridized carbons (Fsp3) is 1.00. The Morgan fingerprint density at radius 2 is 1.79 bits per heavy atom. The van der Waals surface area contributed by atoms with E-state index in [1.807, 2.05) is 0 Å². The van der Waals surface area contributed by atoms with Crippen LogP contribution in [-0.4, -0.2) is 30.6 Å². The van der Waals surface area contributed by atoms with Crippen molar-refractivity contribution >= 4 is 0 Å². The van der Waals surface area contributed by atoms with Crippen molar-refractivity contribution in [2.24, 2.45) is 11.1 Å². The fourth-order valence-electron chi connectivity index (χ4n) is 1.31. The Morgan fingerprint density at radius 1 is 1.21 bits per heavy atom. The van der Waals surface area contributed by atoms with Crippen LogP contribution in [0.1, 0.15) is 47.5 Å². The Bertz CT molecular complexity index is 138. The lowest BCUT2D eigenvalue weighted by molar-refractivity contribution is 0.203. The van der Waals surface area contributed by atoms with Crippen LogP contribution in [0, 0.1) is 5.41 Å². The number of unbranched alkanes of at least 4 members (excludes halogenated alkanes) is 1. The van der Waals surface area contributed by atoms with Gasteiger partial charge in [0.1, 0.15) is 0 Å². The second-order valence-corrected chi connectivity index (χ2v) is 5.22. The minimum atomic E-state index is 0.222. The maximum Gasteiger partial charge on any atom is 0.0217 e. The van der Waals surface area contributed by atoms with Crippen molar-refractivity contribution in [1.82, 2.24) is 4.90 Å². The highest BCUT2D eigenvalue weighted by molar-refractivity contribution is 4.79. The lowest BCUT2D eigenvalue weighted by Crippen LogP contribution is -2.45. The first-order valence-electron chi connectivity index (χ1n) is 5.89. The van der Waals surface area contributed by atoms with Crippen LogP contribution >= 0.6 is 0 Å². The van der Waals surface area contributed by atoms with Gasteiger partial charge in [-0.25, -0.2) is 0 Å². The van der Waals surface area contributed by atoms with E-state index in [-0.39, 0.29) is 11.5 Å². The molecule has 0 aliphatic heterocycles. The summed E-state index contributed by atoms with van der Waals surface area (Å²) in [5.41, 5.74) is 6.38. The van der Waals surface area contributed by atoms with Gasteiger partial charge in [0.2, 0.25) is 0 Å². The lowest BCUT2D eigenvalue weighted by Gasteiger charge is -2.32. The molecule has 0 aromatic carbocycles.